The zero-order chi connectivity index (χ0) is 17.0. The molecule has 0 saturated carbocycles. The number of carbonyl (C=O) groups excluding carboxylic acids is 2. The first-order valence-corrected chi connectivity index (χ1v) is 8.07. The highest BCUT2D eigenvalue weighted by molar-refractivity contribution is 6.53. The predicted molar refractivity (Wildman–Crippen MR) is 86.9 cm³/mol. The Morgan fingerprint density at radius 1 is 1.04 bits per heavy atom. The van der Waals surface area contributed by atoms with Gasteiger partial charge in [0.15, 0.2) is 10.9 Å². The SMILES string of the molecule is CC(Oc1ccc(O)cc1)C(=O)N1CCN(C(=O)C(Cl)Cl)CC1. The maximum atomic E-state index is 12.4. The molecule has 1 N–H and O–H groups in total. The van der Waals surface area contributed by atoms with E-state index >= 15 is 0 Å². The molecule has 1 saturated heterocycles. The molecular formula is C15H18Cl2N2O4. The molecule has 0 radical (unpaired) electrons. The number of hydrogen-bond donors (Lipinski definition) is 1. The molecule has 1 aromatic rings. The van der Waals surface area contributed by atoms with Crippen LogP contribution in [0.4, 0.5) is 0 Å². The van der Waals surface area contributed by atoms with Gasteiger partial charge in [0, 0.05) is 26.2 Å². The van der Waals surface area contributed by atoms with Gasteiger partial charge in [0.1, 0.15) is 11.5 Å². The topological polar surface area (TPSA) is 70.1 Å². The normalized spacial score (nSPS) is 16.3. The Morgan fingerprint density at radius 3 is 2.00 bits per heavy atom. The van der Waals surface area contributed by atoms with E-state index in [1.807, 2.05) is 0 Å². The van der Waals surface area contributed by atoms with Crippen LogP contribution in [0.5, 0.6) is 11.5 Å². The fraction of sp³-hybridized carbons (Fsp3) is 0.467. The summed E-state index contributed by atoms with van der Waals surface area (Å²) < 4.78 is 5.57. The third kappa shape index (κ3) is 4.65. The summed E-state index contributed by atoms with van der Waals surface area (Å²) in [5, 5.41) is 9.23. The van der Waals surface area contributed by atoms with Crippen molar-refractivity contribution in [2.45, 2.75) is 17.9 Å². The number of amides is 2. The summed E-state index contributed by atoms with van der Waals surface area (Å²) in [4.78, 5) is 26.2. The number of rotatable bonds is 4. The number of ether oxygens (including phenoxy) is 1. The second-order valence-electron chi connectivity index (χ2n) is 5.21. The molecule has 126 valence electrons. The molecule has 1 aliphatic rings. The van der Waals surface area contributed by atoms with Crippen molar-refractivity contribution in [3.05, 3.63) is 24.3 Å². The largest absolute Gasteiger partial charge is 0.508 e. The van der Waals surface area contributed by atoms with Crippen molar-refractivity contribution in [1.29, 1.82) is 0 Å². The van der Waals surface area contributed by atoms with Gasteiger partial charge < -0.3 is 19.6 Å². The highest BCUT2D eigenvalue weighted by atomic mass is 35.5. The van der Waals surface area contributed by atoms with Gasteiger partial charge in [0.2, 0.25) is 0 Å². The maximum Gasteiger partial charge on any atom is 0.263 e. The highest BCUT2D eigenvalue weighted by Gasteiger charge is 2.29. The monoisotopic (exact) mass is 360 g/mol. The van der Waals surface area contributed by atoms with Gasteiger partial charge in [-0.1, -0.05) is 23.2 Å². The minimum atomic E-state index is -1.07. The number of carbonyl (C=O) groups is 2. The molecule has 8 heteroatoms. The Kier molecular flexibility index (Phi) is 5.96. The molecule has 1 fully saturated rings. The van der Waals surface area contributed by atoms with Crippen molar-refractivity contribution in [3.63, 3.8) is 0 Å². The molecule has 0 aliphatic carbocycles. The van der Waals surface area contributed by atoms with E-state index in [2.05, 4.69) is 0 Å². The molecule has 0 bridgehead atoms. The van der Waals surface area contributed by atoms with Gasteiger partial charge in [0.05, 0.1) is 0 Å². The standard InChI is InChI=1S/C15H18Cl2N2O4/c1-10(23-12-4-2-11(20)3-5-12)14(21)18-6-8-19(9-7-18)15(22)13(16)17/h2-5,10,13,20H,6-9H2,1H3. The summed E-state index contributed by atoms with van der Waals surface area (Å²) in [5.74, 6) is 0.144. The second-order valence-corrected chi connectivity index (χ2v) is 6.30. The van der Waals surface area contributed by atoms with Crippen LogP contribution in [0.2, 0.25) is 0 Å². The lowest BCUT2D eigenvalue weighted by molar-refractivity contribution is -0.143. The predicted octanol–water partition coefficient (Wildman–Crippen LogP) is 1.63. The molecule has 0 aromatic heterocycles. The van der Waals surface area contributed by atoms with E-state index in [1.54, 1.807) is 28.9 Å². The average Bonchev–Trinajstić information content (AvgIpc) is 2.55. The third-order valence-corrected chi connectivity index (χ3v) is 3.96. The lowest BCUT2D eigenvalue weighted by Crippen LogP contribution is -2.54. The number of halogens is 2. The van der Waals surface area contributed by atoms with E-state index in [9.17, 15) is 14.7 Å². The van der Waals surface area contributed by atoms with Gasteiger partial charge in [-0.25, -0.2) is 0 Å². The number of piperazine rings is 1. The van der Waals surface area contributed by atoms with Gasteiger partial charge in [-0.3, -0.25) is 9.59 Å². The van der Waals surface area contributed by atoms with Gasteiger partial charge in [0.25, 0.3) is 11.8 Å². The number of phenolic OH excluding ortho intramolecular Hbond substituents is 1. The highest BCUT2D eigenvalue weighted by Crippen LogP contribution is 2.18. The average molecular weight is 361 g/mol. The Bertz CT molecular complexity index is 557. The number of alkyl halides is 2. The lowest BCUT2D eigenvalue weighted by atomic mass is 10.2. The molecule has 23 heavy (non-hydrogen) atoms. The molecular weight excluding hydrogens is 343 g/mol. The van der Waals surface area contributed by atoms with Gasteiger partial charge in [-0.2, -0.15) is 0 Å². The molecule has 1 heterocycles. The van der Waals surface area contributed by atoms with Crippen LogP contribution in [0.15, 0.2) is 24.3 Å². The molecule has 0 spiro atoms. The van der Waals surface area contributed by atoms with Crippen molar-refractivity contribution in [1.82, 2.24) is 9.80 Å². The van der Waals surface area contributed by atoms with Crippen LogP contribution in [-0.2, 0) is 9.59 Å². The Balaban J connectivity index is 1.86. The van der Waals surface area contributed by atoms with Crippen LogP contribution < -0.4 is 4.74 Å². The van der Waals surface area contributed by atoms with Crippen LogP contribution >= 0.6 is 23.2 Å². The number of hydrogen-bond acceptors (Lipinski definition) is 4. The molecule has 1 aliphatic heterocycles. The summed E-state index contributed by atoms with van der Waals surface area (Å²) in [6.45, 7) is 3.28. The second kappa shape index (κ2) is 7.75. The molecule has 2 amide bonds. The summed E-state index contributed by atoms with van der Waals surface area (Å²) in [7, 11) is 0. The van der Waals surface area contributed by atoms with Crippen LogP contribution in [0.25, 0.3) is 0 Å². The fourth-order valence-electron chi connectivity index (χ4n) is 2.32. The van der Waals surface area contributed by atoms with E-state index in [4.69, 9.17) is 27.9 Å². The molecule has 6 nitrogen and oxygen atoms in total. The van der Waals surface area contributed by atoms with Gasteiger partial charge in [-0.05, 0) is 31.2 Å². The van der Waals surface area contributed by atoms with Crippen LogP contribution in [0.3, 0.4) is 0 Å². The van der Waals surface area contributed by atoms with Gasteiger partial charge in [-0.15, -0.1) is 0 Å². The Morgan fingerprint density at radius 2 is 1.52 bits per heavy atom. The first kappa shape index (κ1) is 17.7. The minimum Gasteiger partial charge on any atom is -0.508 e. The van der Waals surface area contributed by atoms with Crippen molar-refractivity contribution < 1.29 is 19.4 Å². The van der Waals surface area contributed by atoms with Crippen LogP contribution in [0.1, 0.15) is 6.92 Å². The maximum absolute atomic E-state index is 12.4. The summed E-state index contributed by atoms with van der Waals surface area (Å²) in [6, 6.07) is 6.17. The Labute approximate surface area is 144 Å². The fourth-order valence-corrected chi connectivity index (χ4v) is 2.60. The first-order chi connectivity index (χ1) is 10.9. The Hall–Kier alpha value is -1.66. The summed E-state index contributed by atoms with van der Waals surface area (Å²) in [5.41, 5.74) is 0. The molecule has 1 aromatic carbocycles. The van der Waals surface area contributed by atoms with E-state index in [0.29, 0.717) is 31.9 Å². The van der Waals surface area contributed by atoms with Crippen molar-refractivity contribution in [3.8, 4) is 11.5 Å². The first-order valence-electron chi connectivity index (χ1n) is 7.20. The van der Waals surface area contributed by atoms with E-state index in [1.165, 1.54) is 12.1 Å². The van der Waals surface area contributed by atoms with Crippen molar-refractivity contribution in [2.24, 2.45) is 0 Å². The summed E-state index contributed by atoms with van der Waals surface area (Å²) in [6.07, 6.45) is -0.657. The third-order valence-electron chi connectivity index (χ3n) is 3.59. The zero-order valence-electron chi connectivity index (χ0n) is 12.6. The number of aromatic hydroxyl groups is 1. The minimum absolute atomic E-state index is 0.133. The number of benzene rings is 1. The molecule has 1 unspecified atom stereocenters. The molecule has 1 atom stereocenters. The quantitative estimate of drug-likeness (QED) is 0.828. The van der Waals surface area contributed by atoms with E-state index in [-0.39, 0.29) is 17.6 Å². The van der Waals surface area contributed by atoms with Crippen molar-refractivity contribution >= 4 is 35.0 Å². The number of nitrogens with zero attached hydrogens (tertiary/aromatic N) is 2. The molecule has 2 rings (SSSR count). The van der Waals surface area contributed by atoms with Crippen molar-refractivity contribution in [2.75, 3.05) is 26.2 Å². The van der Waals surface area contributed by atoms with E-state index < -0.39 is 10.9 Å². The smallest absolute Gasteiger partial charge is 0.263 e. The summed E-state index contributed by atoms with van der Waals surface area (Å²) >= 11 is 11.1. The van der Waals surface area contributed by atoms with Gasteiger partial charge >= 0.3 is 0 Å². The van der Waals surface area contributed by atoms with E-state index in [0.717, 1.165) is 0 Å². The number of phenols is 1. The van der Waals surface area contributed by atoms with Crippen LogP contribution in [0, 0.1) is 0 Å². The van der Waals surface area contributed by atoms with Crippen LogP contribution in [-0.4, -0.2) is 63.8 Å². The zero-order valence-corrected chi connectivity index (χ0v) is 14.1. The lowest BCUT2D eigenvalue weighted by Gasteiger charge is -2.36.